The molecule has 3 heterocycles. The lowest BCUT2D eigenvalue weighted by atomic mass is 10.1. The molecule has 0 bridgehead atoms. The average Bonchev–Trinajstić information content (AvgIpc) is 3.09. The number of aryl methyl sites for hydroxylation is 2. The minimum atomic E-state index is 0.508. The van der Waals surface area contributed by atoms with Gasteiger partial charge in [-0.25, -0.2) is 0 Å². The maximum Gasteiger partial charge on any atom is 0.258 e. The first-order chi connectivity index (χ1) is 11.4. The van der Waals surface area contributed by atoms with Crippen LogP contribution in [0.4, 0.5) is 0 Å². The predicted octanol–water partition coefficient (Wildman–Crippen LogP) is 3.47. The van der Waals surface area contributed by atoms with Crippen molar-refractivity contribution in [1.29, 1.82) is 0 Å². The van der Waals surface area contributed by atoms with Crippen molar-refractivity contribution in [2.45, 2.75) is 12.8 Å². The highest BCUT2D eigenvalue weighted by atomic mass is 16.5. The van der Waals surface area contributed by atoms with Gasteiger partial charge < -0.3 is 4.52 Å². The molecule has 0 unspecified atom stereocenters. The van der Waals surface area contributed by atoms with E-state index >= 15 is 0 Å². The molecule has 3 aromatic heterocycles. The summed E-state index contributed by atoms with van der Waals surface area (Å²) in [5.41, 5.74) is 2.99. The van der Waals surface area contributed by atoms with Crippen LogP contribution in [0.2, 0.25) is 0 Å². The second-order valence-corrected chi connectivity index (χ2v) is 5.25. The number of aromatic nitrogens is 4. The summed E-state index contributed by atoms with van der Waals surface area (Å²) in [6.45, 7) is 0. The quantitative estimate of drug-likeness (QED) is 0.577. The summed E-state index contributed by atoms with van der Waals surface area (Å²) in [5.74, 6) is 1.21. The predicted molar refractivity (Wildman–Crippen MR) is 86.7 cm³/mol. The molecule has 0 aliphatic heterocycles. The maximum atomic E-state index is 5.43. The number of hydrogen-bond donors (Lipinski definition) is 0. The Morgan fingerprint density at radius 3 is 2.74 bits per heavy atom. The lowest BCUT2D eigenvalue weighted by Gasteiger charge is -2.00. The number of pyridine rings is 2. The van der Waals surface area contributed by atoms with Crippen molar-refractivity contribution in [2.75, 3.05) is 0 Å². The molecule has 0 aliphatic carbocycles. The van der Waals surface area contributed by atoms with E-state index in [1.807, 2.05) is 30.3 Å². The van der Waals surface area contributed by atoms with Crippen molar-refractivity contribution in [3.63, 3.8) is 0 Å². The Hall–Kier alpha value is -3.08. The molecule has 0 radical (unpaired) electrons. The van der Waals surface area contributed by atoms with Gasteiger partial charge >= 0.3 is 0 Å². The molecular weight excluding hydrogens is 288 g/mol. The van der Waals surface area contributed by atoms with Gasteiger partial charge in [0.1, 0.15) is 0 Å². The Morgan fingerprint density at radius 2 is 1.83 bits per heavy atom. The SMILES string of the molecule is c1ccc(CCc2noc(-c3ccnc4ccncc34)n2)cc1. The molecule has 0 spiro atoms. The van der Waals surface area contributed by atoms with Crippen LogP contribution in [-0.4, -0.2) is 20.1 Å². The molecule has 23 heavy (non-hydrogen) atoms. The molecule has 0 saturated carbocycles. The van der Waals surface area contributed by atoms with Crippen LogP contribution in [0, 0.1) is 0 Å². The van der Waals surface area contributed by atoms with E-state index < -0.39 is 0 Å². The Kier molecular flexibility index (Phi) is 3.52. The van der Waals surface area contributed by atoms with Crippen molar-refractivity contribution in [3.05, 3.63) is 72.4 Å². The molecule has 0 N–H and O–H groups in total. The molecule has 0 saturated heterocycles. The van der Waals surface area contributed by atoms with Gasteiger partial charge in [0, 0.05) is 30.4 Å². The molecule has 0 amide bonds. The fraction of sp³-hybridized carbons (Fsp3) is 0.111. The van der Waals surface area contributed by atoms with Gasteiger partial charge in [-0.1, -0.05) is 35.5 Å². The van der Waals surface area contributed by atoms with Crippen molar-refractivity contribution >= 4 is 10.9 Å². The third-order valence-electron chi connectivity index (χ3n) is 3.72. The zero-order chi connectivity index (χ0) is 15.5. The first-order valence-electron chi connectivity index (χ1n) is 7.46. The van der Waals surface area contributed by atoms with Crippen LogP contribution in [0.15, 0.2) is 65.6 Å². The van der Waals surface area contributed by atoms with Crippen molar-refractivity contribution in [1.82, 2.24) is 20.1 Å². The van der Waals surface area contributed by atoms with Gasteiger partial charge in [-0.2, -0.15) is 4.98 Å². The standard InChI is InChI=1S/C18H14N4O/c1-2-4-13(5-3-1)6-7-17-21-18(23-22-17)14-8-11-20-16-9-10-19-12-15(14)16/h1-5,8-12H,6-7H2. The minimum Gasteiger partial charge on any atom is -0.334 e. The summed E-state index contributed by atoms with van der Waals surface area (Å²) >= 11 is 0. The summed E-state index contributed by atoms with van der Waals surface area (Å²) in [6, 6.07) is 14.0. The first kappa shape index (κ1) is 13.6. The summed E-state index contributed by atoms with van der Waals surface area (Å²) in [6.07, 6.45) is 6.86. The normalized spacial score (nSPS) is 11.0. The highest BCUT2D eigenvalue weighted by molar-refractivity contribution is 5.91. The van der Waals surface area contributed by atoms with Gasteiger partial charge in [0.15, 0.2) is 5.82 Å². The van der Waals surface area contributed by atoms with Crippen LogP contribution >= 0.6 is 0 Å². The van der Waals surface area contributed by atoms with E-state index in [1.165, 1.54) is 5.56 Å². The van der Waals surface area contributed by atoms with Gasteiger partial charge in [-0.15, -0.1) is 0 Å². The van der Waals surface area contributed by atoms with Crippen LogP contribution < -0.4 is 0 Å². The van der Waals surface area contributed by atoms with Crippen molar-refractivity contribution in [2.24, 2.45) is 0 Å². The summed E-state index contributed by atoms with van der Waals surface area (Å²) in [4.78, 5) is 13.0. The van der Waals surface area contributed by atoms with E-state index in [0.29, 0.717) is 11.7 Å². The number of fused-ring (bicyclic) bond motifs is 1. The van der Waals surface area contributed by atoms with E-state index in [1.54, 1.807) is 18.6 Å². The second-order valence-electron chi connectivity index (χ2n) is 5.25. The largest absolute Gasteiger partial charge is 0.334 e. The molecular formula is C18H14N4O. The lowest BCUT2D eigenvalue weighted by Crippen LogP contribution is -1.93. The molecule has 0 aliphatic rings. The molecule has 0 fully saturated rings. The Labute approximate surface area is 133 Å². The third-order valence-corrected chi connectivity index (χ3v) is 3.72. The third kappa shape index (κ3) is 2.81. The fourth-order valence-corrected chi connectivity index (χ4v) is 2.54. The van der Waals surface area contributed by atoms with Crippen molar-refractivity contribution < 1.29 is 4.52 Å². The zero-order valence-electron chi connectivity index (χ0n) is 12.4. The summed E-state index contributed by atoms with van der Waals surface area (Å²) in [5, 5.41) is 5.00. The average molecular weight is 302 g/mol. The monoisotopic (exact) mass is 302 g/mol. The van der Waals surface area contributed by atoms with E-state index in [-0.39, 0.29) is 0 Å². The Bertz CT molecular complexity index is 929. The lowest BCUT2D eigenvalue weighted by molar-refractivity contribution is 0.422. The molecule has 4 aromatic rings. The topological polar surface area (TPSA) is 64.7 Å². The van der Waals surface area contributed by atoms with Gasteiger partial charge in [-0.05, 0) is 24.1 Å². The van der Waals surface area contributed by atoms with E-state index in [4.69, 9.17) is 4.52 Å². The molecule has 112 valence electrons. The van der Waals surface area contributed by atoms with Gasteiger partial charge in [0.05, 0.1) is 11.1 Å². The summed E-state index contributed by atoms with van der Waals surface area (Å²) < 4.78 is 5.43. The molecule has 1 aromatic carbocycles. The fourth-order valence-electron chi connectivity index (χ4n) is 2.54. The smallest absolute Gasteiger partial charge is 0.258 e. The minimum absolute atomic E-state index is 0.508. The molecule has 5 nitrogen and oxygen atoms in total. The van der Waals surface area contributed by atoms with Crippen LogP contribution in [0.1, 0.15) is 11.4 Å². The Balaban J connectivity index is 1.60. The van der Waals surface area contributed by atoms with E-state index in [2.05, 4.69) is 32.2 Å². The highest BCUT2D eigenvalue weighted by Gasteiger charge is 2.12. The first-order valence-corrected chi connectivity index (χ1v) is 7.46. The zero-order valence-corrected chi connectivity index (χ0v) is 12.4. The van der Waals surface area contributed by atoms with E-state index in [9.17, 15) is 0 Å². The van der Waals surface area contributed by atoms with Crippen LogP contribution in [0.5, 0.6) is 0 Å². The number of nitrogens with zero attached hydrogens (tertiary/aromatic N) is 4. The Morgan fingerprint density at radius 1 is 0.913 bits per heavy atom. The number of hydrogen-bond acceptors (Lipinski definition) is 5. The van der Waals surface area contributed by atoms with Gasteiger partial charge in [0.2, 0.25) is 0 Å². The van der Waals surface area contributed by atoms with Crippen LogP contribution in [0.25, 0.3) is 22.4 Å². The van der Waals surface area contributed by atoms with E-state index in [0.717, 1.165) is 29.3 Å². The molecule has 5 heteroatoms. The maximum absolute atomic E-state index is 5.43. The number of benzene rings is 1. The van der Waals surface area contributed by atoms with Crippen LogP contribution in [0.3, 0.4) is 0 Å². The highest BCUT2D eigenvalue weighted by Crippen LogP contribution is 2.25. The number of rotatable bonds is 4. The van der Waals surface area contributed by atoms with Gasteiger partial charge in [-0.3, -0.25) is 9.97 Å². The van der Waals surface area contributed by atoms with Gasteiger partial charge in [0.25, 0.3) is 5.89 Å². The second kappa shape index (κ2) is 5.96. The summed E-state index contributed by atoms with van der Waals surface area (Å²) in [7, 11) is 0. The molecule has 4 rings (SSSR count). The van der Waals surface area contributed by atoms with Crippen LogP contribution in [-0.2, 0) is 12.8 Å². The molecule has 0 atom stereocenters. The van der Waals surface area contributed by atoms with Crippen molar-refractivity contribution in [3.8, 4) is 11.5 Å².